The molecular weight excluding hydrogens is 318 g/mol. The standard InChI is InChI=1S/C18H21N5O2/c1-8-3-6-12(24)9(2)15(8)23-16(19)13(17(20)25)14-18(23)21-7-11(22-14)10-4-5-10/h6-8,10,24H,3-5,19H2,1-2H3,(H2,20,25)/t8-/m1/s1. The van der Waals surface area contributed by atoms with E-state index in [1.807, 2.05) is 13.8 Å². The van der Waals surface area contributed by atoms with Gasteiger partial charge in [-0.15, -0.1) is 0 Å². The van der Waals surface area contributed by atoms with Gasteiger partial charge in [0.25, 0.3) is 5.91 Å². The molecule has 0 bridgehead atoms. The predicted molar refractivity (Wildman–Crippen MR) is 95.8 cm³/mol. The summed E-state index contributed by atoms with van der Waals surface area (Å²) in [6, 6.07) is 0. The van der Waals surface area contributed by atoms with E-state index < -0.39 is 5.91 Å². The summed E-state index contributed by atoms with van der Waals surface area (Å²) in [5, 5.41) is 10.2. The van der Waals surface area contributed by atoms with Crippen molar-refractivity contribution in [1.29, 1.82) is 0 Å². The fraction of sp³-hybridized carbons (Fsp3) is 0.389. The molecule has 0 aliphatic heterocycles. The molecule has 1 atom stereocenters. The molecule has 7 nitrogen and oxygen atoms in total. The number of primary amides is 1. The summed E-state index contributed by atoms with van der Waals surface area (Å²) < 4.78 is 1.72. The maximum atomic E-state index is 12.0. The highest BCUT2D eigenvalue weighted by Gasteiger charge is 2.31. The average Bonchev–Trinajstić information content (AvgIpc) is 3.36. The number of allylic oxidation sites excluding steroid dienone is 3. The van der Waals surface area contributed by atoms with E-state index in [-0.39, 0.29) is 23.1 Å². The first-order valence-corrected chi connectivity index (χ1v) is 8.47. The Labute approximate surface area is 145 Å². The van der Waals surface area contributed by atoms with E-state index in [0.29, 0.717) is 29.1 Å². The van der Waals surface area contributed by atoms with Crippen LogP contribution in [0.3, 0.4) is 0 Å². The monoisotopic (exact) mass is 339 g/mol. The first-order valence-electron chi connectivity index (χ1n) is 8.47. The van der Waals surface area contributed by atoms with Gasteiger partial charge in [-0.2, -0.15) is 0 Å². The van der Waals surface area contributed by atoms with Crippen molar-refractivity contribution in [3.63, 3.8) is 0 Å². The number of hydrogen-bond donors (Lipinski definition) is 3. The van der Waals surface area contributed by atoms with Crippen LogP contribution in [-0.2, 0) is 0 Å². The highest BCUT2D eigenvalue weighted by atomic mass is 16.3. The van der Waals surface area contributed by atoms with Crippen LogP contribution in [0.2, 0.25) is 0 Å². The summed E-state index contributed by atoms with van der Waals surface area (Å²) >= 11 is 0. The van der Waals surface area contributed by atoms with Gasteiger partial charge in [0.15, 0.2) is 5.65 Å². The van der Waals surface area contributed by atoms with Crippen molar-refractivity contribution in [2.75, 3.05) is 5.73 Å². The number of carbonyl (C=O) groups is 1. The summed E-state index contributed by atoms with van der Waals surface area (Å²) in [7, 11) is 0. The minimum atomic E-state index is -0.620. The third-order valence-corrected chi connectivity index (χ3v) is 5.10. The van der Waals surface area contributed by atoms with E-state index >= 15 is 0 Å². The summed E-state index contributed by atoms with van der Waals surface area (Å²) in [5.74, 6) is 0.344. The molecule has 2 aliphatic rings. The highest BCUT2D eigenvalue weighted by molar-refractivity contribution is 6.10. The van der Waals surface area contributed by atoms with Crippen molar-refractivity contribution >= 4 is 28.6 Å². The van der Waals surface area contributed by atoms with E-state index in [4.69, 9.17) is 11.5 Å². The molecular formula is C18H21N5O2. The molecule has 1 saturated carbocycles. The SMILES string of the molecule is CC1=C(n2c(N)c(C(N)=O)c3nc(C4CC4)cnc32)[C@H](C)CC=C1O. The summed E-state index contributed by atoms with van der Waals surface area (Å²) in [5.41, 5.74) is 15.4. The predicted octanol–water partition coefficient (Wildman–Crippen LogP) is 2.70. The minimum Gasteiger partial charge on any atom is -0.508 e. The second-order valence-electron chi connectivity index (χ2n) is 6.94. The molecule has 130 valence electrons. The van der Waals surface area contributed by atoms with Gasteiger partial charge in [0.05, 0.1) is 11.9 Å². The maximum absolute atomic E-state index is 12.0. The molecule has 25 heavy (non-hydrogen) atoms. The number of carbonyl (C=O) groups excluding carboxylic acids is 1. The molecule has 4 rings (SSSR count). The number of nitrogen functional groups attached to an aromatic ring is 1. The number of nitrogens with two attached hydrogens (primary N) is 2. The highest BCUT2D eigenvalue weighted by Crippen LogP contribution is 2.41. The zero-order valence-electron chi connectivity index (χ0n) is 14.3. The molecule has 1 amide bonds. The van der Waals surface area contributed by atoms with Gasteiger partial charge in [-0.1, -0.05) is 6.92 Å². The minimum absolute atomic E-state index is 0.111. The lowest BCUT2D eigenvalue weighted by atomic mass is 9.93. The molecule has 0 aromatic carbocycles. The van der Waals surface area contributed by atoms with Crippen molar-refractivity contribution in [3.8, 4) is 0 Å². The van der Waals surface area contributed by atoms with E-state index in [1.54, 1.807) is 16.8 Å². The molecule has 0 spiro atoms. The summed E-state index contributed by atoms with van der Waals surface area (Å²) in [6.07, 6.45) is 6.39. The molecule has 2 aromatic rings. The summed E-state index contributed by atoms with van der Waals surface area (Å²) in [4.78, 5) is 21.2. The van der Waals surface area contributed by atoms with Gasteiger partial charge in [0, 0.05) is 23.1 Å². The largest absolute Gasteiger partial charge is 0.508 e. The fourth-order valence-corrected chi connectivity index (χ4v) is 3.58. The molecule has 2 aromatic heterocycles. The van der Waals surface area contributed by atoms with Gasteiger partial charge >= 0.3 is 0 Å². The molecule has 0 saturated heterocycles. The molecule has 2 heterocycles. The number of hydrogen-bond acceptors (Lipinski definition) is 5. The molecule has 0 radical (unpaired) electrons. The average molecular weight is 339 g/mol. The molecule has 2 aliphatic carbocycles. The smallest absolute Gasteiger partial charge is 0.254 e. The van der Waals surface area contributed by atoms with Gasteiger partial charge in [-0.05, 0) is 32.3 Å². The first kappa shape index (κ1) is 15.7. The van der Waals surface area contributed by atoms with E-state index in [1.165, 1.54) is 0 Å². The Kier molecular flexibility index (Phi) is 3.35. The zero-order valence-corrected chi connectivity index (χ0v) is 14.3. The maximum Gasteiger partial charge on any atom is 0.254 e. The van der Waals surface area contributed by atoms with Gasteiger partial charge < -0.3 is 16.6 Å². The lowest BCUT2D eigenvalue weighted by Crippen LogP contribution is -2.17. The Morgan fingerprint density at radius 1 is 1.40 bits per heavy atom. The number of fused-ring (bicyclic) bond motifs is 1. The van der Waals surface area contributed by atoms with Crippen LogP contribution >= 0.6 is 0 Å². The van der Waals surface area contributed by atoms with E-state index in [2.05, 4.69) is 9.97 Å². The normalized spacial score (nSPS) is 20.9. The quantitative estimate of drug-likeness (QED) is 0.794. The molecule has 7 heteroatoms. The van der Waals surface area contributed by atoms with E-state index in [0.717, 1.165) is 24.2 Å². The number of nitrogens with zero attached hydrogens (tertiary/aromatic N) is 3. The Hall–Kier alpha value is -2.83. The van der Waals surface area contributed by atoms with Crippen molar-refractivity contribution in [2.24, 2.45) is 11.7 Å². The third kappa shape index (κ3) is 2.30. The second kappa shape index (κ2) is 5.34. The Balaban J connectivity index is 2.04. The van der Waals surface area contributed by atoms with Gasteiger partial charge in [-0.25, -0.2) is 9.97 Å². The number of aliphatic hydroxyl groups excluding tert-OH is 1. The van der Waals surface area contributed by atoms with Crippen LogP contribution in [0.5, 0.6) is 0 Å². The van der Waals surface area contributed by atoms with Crippen molar-refractivity contribution in [2.45, 2.75) is 39.0 Å². The lowest BCUT2D eigenvalue weighted by Gasteiger charge is -2.24. The Morgan fingerprint density at radius 2 is 2.12 bits per heavy atom. The Morgan fingerprint density at radius 3 is 2.76 bits per heavy atom. The van der Waals surface area contributed by atoms with Crippen LogP contribution < -0.4 is 11.5 Å². The lowest BCUT2D eigenvalue weighted by molar-refractivity contribution is 0.100. The number of aromatic nitrogens is 3. The van der Waals surface area contributed by atoms with E-state index in [9.17, 15) is 9.90 Å². The van der Waals surface area contributed by atoms with Crippen molar-refractivity contribution in [1.82, 2.24) is 14.5 Å². The number of anilines is 1. The number of rotatable bonds is 3. The fourth-order valence-electron chi connectivity index (χ4n) is 3.58. The van der Waals surface area contributed by atoms with Crippen LogP contribution in [0.1, 0.15) is 55.1 Å². The van der Waals surface area contributed by atoms with Crippen LogP contribution in [0.15, 0.2) is 23.6 Å². The molecule has 5 N–H and O–H groups in total. The second-order valence-corrected chi connectivity index (χ2v) is 6.94. The van der Waals surface area contributed by atoms with Crippen LogP contribution in [-0.4, -0.2) is 25.5 Å². The number of aliphatic hydroxyl groups is 1. The zero-order chi connectivity index (χ0) is 17.9. The van der Waals surface area contributed by atoms with Gasteiger partial charge in [-0.3, -0.25) is 9.36 Å². The van der Waals surface area contributed by atoms with Crippen LogP contribution in [0, 0.1) is 5.92 Å². The van der Waals surface area contributed by atoms with Crippen molar-refractivity contribution in [3.05, 3.63) is 34.9 Å². The molecule has 1 fully saturated rings. The third-order valence-electron chi connectivity index (χ3n) is 5.10. The van der Waals surface area contributed by atoms with Crippen LogP contribution in [0.4, 0.5) is 5.82 Å². The van der Waals surface area contributed by atoms with Gasteiger partial charge in [0.2, 0.25) is 0 Å². The number of amides is 1. The van der Waals surface area contributed by atoms with Crippen LogP contribution in [0.25, 0.3) is 16.9 Å². The van der Waals surface area contributed by atoms with Gasteiger partial charge in [0.1, 0.15) is 22.7 Å². The molecule has 0 unspecified atom stereocenters. The summed E-state index contributed by atoms with van der Waals surface area (Å²) in [6.45, 7) is 3.88. The first-order chi connectivity index (χ1) is 11.9. The Bertz CT molecular complexity index is 965. The topological polar surface area (TPSA) is 120 Å². The van der Waals surface area contributed by atoms with Crippen molar-refractivity contribution < 1.29 is 9.90 Å².